The number of ether oxygens (including phenoxy) is 5. The normalized spacial score (nSPS) is 13.8. The first kappa shape index (κ1) is 39.2. The van der Waals surface area contributed by atoms with Gasteiger partial charge >= 0.3 is 0 Å². The van der Waals surface area contributed by atoms with Crippen molar-refractivity contribution < 1.29 is 23.7 Å². The Bertz CT molecular complexity index is 1010. The van der Waals surface area contributed by atoms with Crippen molar-refractivity contribution in [1.29, 1.82) is 36.8 Å². The average Bonchev–Trinajstić information content (AvgIpc) is 3.01. The van der Waals surface area contributed by atoms with Crippen LogP contribution in [0.2, 0.25) is 0 Å². The van der Waals surface area contributed by atoms with Crippen molar-refractivity contribution in [2.75, 3.05) is 33.0 Å². The van der Waals surface area contributed by atoms with Gasteiger partial charge < -0.3 is 23.7 Å². The quantitative estimate of drug-likeness (QED) is 0.109. The molecule has 0 aromatic heterocycles. The lowest BCUT2D eigenvalue weighted by Crippen LogP contribution is -2.54. The minimum Gasteiger partial charge on any atom is -0.374 e. The lowest BCUT2D eigenvalue weighted by molar-refractivity contribution is -0.204. The maximum absolute atomic E-state index is 9.24. The third kappa shape index (κ3) is 19.9. The molecule has 0 radical (unpaired) electrons. The van der Waals surface area contributed by atoms with Crippen LogP contribution in [-0.4, -0.2) is 63.6 Å². The average molecular weight is 594 g/mol. The van der Waals surface area contributed by atoms with Crippen molar-refractivity contribution in [2.24, 2.45) is 0 Å². The Morgan fingerprint density at radius 3 is 1.00 bits per heavy atom. The highest BCUT2D eigenvalue weighted by Gasteiger charge is 2.42. The Labute approximate surface area is 256 Å². The summed E-state index contributed by atoms with van der Waals surface area (Å²) in [7, 11) is 0. The van der Waals surface area contributed by atoms with Crippen LogP contribution >= 0.6 is 0 Å². The van der Waals surface area contributed by atoms with Gasteiger partial charge in [0.2, 0.25) is 0 Å². The Hall–Kier alpha value is -3.77. The molecule has 0 saturated carbocycles. The molecule has 5 atom stereocenters. The van der Waals surface area contributed by atoms with Gasteiger partial charge in [-0.05, 0) is 32.1 Å². The van der Waals surface area contributed by atoms with E-state index in [1.165, 1.54) is 0 Å². The van der Waals surface area contributed by atoms with Crippen LogP contribution in [0.15, 0.2) is 0 Å². The van der Waals surface area contributed by atoms with Gasteiger partial charge in [-0.25, -0.2) is 0 Å². The van der Waals surface area contributed by atoms with Crippen LogP contribution in [0.1, 0.15) is 89.9 Å². The summed E-state index contributed by atoms with van der Waals surface area (Å²) in [4.78, 5) is 0. The summed E-state index contributed by atoms with van der Waals surface area (Å²) in [6.45, 7) is 0.444. The Morgan fingerprint density at radius 1 is 0.326 bits per heavy atom. The summed E-state index contributed by atoms with van der Waals surface area (Å²) >= 11 is 0. The number of rotatable bonds is 28. The van der Waals surface area contributed by atoms with Crippen molar-refractivity contribution in [3.8, 4) is 42.5 Å². The van der Waals surface area contributed by atoms with Gasteiger partial charge in [-0.1, -0.05) is 12.8 Å². The summed E-state index contributed by atoms with van der Waals surface area (Å²) in [5.41, 5.74) is 0. The molecule has 232 valence electrons. The molecule has 0 aliphatic heterocycles. The third-order valence-corrected chi connectivity index (χ3v) is 6.35. The van der Waals surface area contributed by atoms with E-state index in [2.05, 4.69) is 42.5 Å². The third-order valence-electron chi connectivity index (χ3n) is 6.35. The molecule has 0 N–H and O–H groups in total. The van der Waals surface area contributed by atoms with Crippen LogP contribution in [0.4, 0.5) is 0 Å². The van der Waals surface area contributed by atoms with E-state index in [1.54, 1.807) is 0 Å². The van der Waals surface area contributed by atoms with Crippen molar-refractivity contribution in [2.45, 2.75) is 120 Å². The highest BCUT2D eigenvalue weighted by Crippen LogP contribution is 2.27. The molecule has 0 aromatic rings. The van der Waals surface area contributed by atoms with Crippen molar-refractivity contribution in [1.82, 2.24) is 0 Å². The maximum atomic E-state index is 9.24. The second-order valence-corrected chi connectivity index (χ2v) is 9.53. The minimum atomic E-state index is -0.861. The molecule has 0 spiro atoms. The first-order chi connectivity index (χ1) is 21.1. The molecule has 43 heavy (non-hydrogen) atoms. The van der Waals surface area contributed by atoms with E-state index in [9.17, 15) is 15.8 Å². The largest absolute Gasteiger partial charge is 0.374 e. The van der Waals surface area contributed by atoms with Crippen LogP contribution in [0, 0.1) is 79.3 Å². The molecule has 0 aliphatic carbocycles. The SMILES string of the molecule is N#CCCCCCC(OCCC#N)C(OCCC#N)C(OCCC#N)C(OCCC#N)C(CCCCC#N)OCCC#N. The highest BCUT2D eigenvalue weighted by molar-refractivity contribution is 4.92. The Morgan fingerprint density at radius 2 is 0.628 bits per heavy atom. The van der Waals surface area contributed by atoms with E-state index in [-0.39, 0.29) is 65.1 Å². The number of hydrogen-bond acceptors (Lipinski definition) is 12. The van der Waals surface area contributed by atoms with Gasteiger partial charge in [0.25, 0.3) is 0 Å². The zero-order valence-electron chi connectivity index (χ0n) is 25.0. The molecular weight excluding hydrogens is 550 g/mol. The maximum Gasteiger partial charge on any atom is 0.115 e. The van der Waals surface area contributed by atoms with Crippen LogP contribution in [-0.2, 0) is 23.7 Å². The van der Waals surface area contributed by atoms with Gasteiger partial charge in [0.15, 0.2) is 0 Å². The van der Waals surface area contributed by atoms with Crippen molar-refractivity contribution >= 4 is 0 Å². The fourth-order valence-corrected chi connectivity index (χ4v) is 4.40. The zero-order valence-corrected chi connectivity index (χ0v) is 25.0. The van der Waals surface area contributed by atoms with E-state index >= 15 is 0 Å². The van der Waals surface area contributed by atoms with Gasteiger partial charge in [-0.2, -0.15) is 36.8 Å². The molecule has 12 heteroatoms. The molecule has 5 unspecified atom stereocenters. The molecule has 12 nitrogen and oxygen atoms in total. The van der Waals surface area contributed by atoms with Crippen LogP contribution in [0.25, 0.3) is 0 Å². The predicted molar refractivity (Wildman–Crippen MR) is 153 cm³/mol. The molecule has 0 heterocycles. The second-order valence-electron chi connectivity index (χ2n) is 9.53. The van der Waals surface area contributed by atoms with Gasteiger partial charge in [-0.3, -0.25) is 0 Å². The van der Waals surface area contributed by atoms with Crippen molar-refractivity contribution in [3.63, 3.8) is 0 Å². The number of unbranched alkanes of at least 4 members (excludes halogenated alkanes) is 5. The zero-order chi connectivity index (χ0) is 31.8. The van der Waals surface area contributed by atoms with Crippen LogP contribution in [0.5, 0.6) is 0 Å². The summed E-state index contributed by atoms with van der Waals surface area (Å²) in [6.07, 6.45) is 2.19. The fraction of sp³-hybridized carbons (Fsp3) is 0.774. The first-order valence-corrected chi connectivity index (χ1v) is 14.8. The number of hydrogen-bond donors (Lipinski definition) is 0. The monoisotopic (exact) mass is 593 g/mol. The molecule has 0 saturated heterocycles. The molecular formula is C31H43N7O5. The first-order valence-electron chi connectivity index (χ1n) is 14.8. The lowest BCUT2D eigenvalue weighted by Gasteiger charge is -2.40. The van der Waals surface area contributed by atoms with E-state index < -0.39 is 30.5 Å². The lowest BCUT2D eigenvalue weighted by atomic mass is 9.92. The summed E-state index contributed by atoms with van der Waals surface area (Å²) in [5.74, 6) is 0. The molecule has 0 bridgehead atoms. The number of nitriles is 7. The van der Waals surface area contributed by atoms with E-state index in [0.29, 0.717) is 44.9 Å². The molecule has 0 aliphatic rings. The standard InChI is InChI=1S/C31H43N7O5/c32-15-6-2-1-4-13-27(39-22-8-17-34)29(41-24-10-19-36)31(43-26-12-21-38)30(42-25-11-20-37)28(40-23-9-18-35)14-5-3-7-16-33/h27-31H,1-14,22-26H2. The van der Waals surface area contributed by atoms with Gasteiger partial charge in [0.1, 0.15) is 18.3 Å². The van der Waals surface area contributed by atoms with Gasteiger partial charge in [0, 0.05) is 12.8 Å². The fourth-order valence-electron chi connectivity index (χ4n) is 4.40. The summed E-state index contributed by atoms with van der Waals surface area (Å²) in [6, 6.07) is 14.6. The van der Waals surface area contributed by atoms with E-state index in [0.717, 1.165) is 12.8 Å². The van der Waals surface area contributed by atoms with Crippen molar-refractivity contribution in [3.05, 3.63) is 0 Å². The smallest absolute Gasteiger partial charge is 0.115 e. The minimum absolute atomic E-state index is 0.0455. The van der Waals surface area contributed by atoms with Gasteiger partial charge in [0.05, 0.1) is 120 Å². The number of nitrogens with zero attached hydrogens (tertiary/aromatic N) is 7. The van der Waals surface area contributed by atoms with E-state index in [1.807, 2.05) is 0 Å². The topological polar surface area (TPSA) is 213 Å². The Balaban J connectivity index is 6.61. The summed E-state index contributed by atoms with van der Waals surface area (Å²) < 4.78 is 31.1. The summed E-state index contributed by atoms with van der Waals surface area (Å²) in [5, 5.41) is 63.8. The van der Waals surface area contributed by atoms with Gasteiger partial charge in [-0.15, -0.1) is 0 Å². The highest BCUT2D eigenvalue weighted by atomic mass is 16.6. The molecule has 0 fully saturated rings. The Kier molecular flexibility index (Phi) is 27.1. The second kappa shape index (κ2) is 29.7. The molecule has 0 aromatic carbocycles. The van der Waals surface area contributed by atoms with E-state index in [4.69, 9.17) is 44.7 Å². The molecule has 0 rings (SSSR count). The molecule has 0 amide bonds. The predicted octanol–water partition coefficient (Wildman–Crippen LogP) is 5.04. The van der Waals surface area contributed by atoms with Crippen LogP contribution in [0.3, 0.4) is 0 Å². The van der Waals surface area contributed by atoms with Crippen LogP contribution < -0.4 is 0 Å².